The van der Waals surface area contributed by atoms with Gasteiger partial charge < -0.3 is 14.8 Å². The molecule has 0 aliphatic heterocycles. The molecule has 0 unspecified atom stereocenters. The highest BCUT2D eigenvalue weighted by molar-refractivity contribution is 7.17. The van der Waals surface area contributed by atoms with Gasteiger partial charge in [0.05, 0.1) is 27.8 Å². The Bertz CT molecular complexity index is 957. The first-order chi connectivity index (χ1) is 13.9. The molecule has 154 valence electrons. The molecule has 6 nitrogen and oxygen atoms in total. The summed E-state index contributed by atoms with van der Waals surface area (Å²) in [5, 5.41) is 3.39. The number of aryl methyl sites for hydroxylation is 1. The summed E-state index contributed by atoms with van der Waals surface area (Å²) in [6.45, 7) is 1.46. The summed E-state index contributed by atoms with van der Waals surface area (Å²) in [6.07, 6.45) is 3.67. The van der Waals surface area contributed by atoms with Crippen molar-refractivity contribution in [3.63, 3.8) is 0 Å². The fourth-order valence-corrected chi connectivity index (χ4v) is 4.78. The van der Waals surface area contributed by atoms with E-state index in [9.17, 15) is 14.4 Å². The Morgan fingerprint density at radius 1 is 1.10 bits per heavy atom. The van der Waals surface area contributed by atoms with E-state index < -0.39 is 24.5 Å². The normalized spacial score (nSPS) is 12.8. The van der Waals surface area contributed by atoms with E-state index in [1.54, 1.807) is 19.1 Å². The third kappa shape index (κ3) is 4.91. The van der Waals surface area contributed by atoms with Crippen molar-refractivity contribution in [1.29, 1.82) is 0 Å². The van der Waals surface area contributed by atoms with Crippen molar-refractivity contribution in [2.75, 3.05) is 18.5 Å². The highest BCUT2D eigenvalue weighted by Gasteiger charge is 2.27. The minimum Gasteiger partial charge on any atom is -0.462 e. The first-order valence-electron chi connectivity index (χ1n) is 9.15. The number of thiophene rings is 1. The van der Waals surface area contributed by atoms with Crippen molar-refractivity contribution in [3.8, 4) is 0 Å². The van der Waals surface area contributed by atoms with Gasteiger partial charge >= 0.3 is 11.9 Å². The molecule has 2 aromatic rings. The topological polar surface area (TPSA) is 81.7 Å². The smallest absolute Gasteiger partial charge is 0.341 e. The molecule has 3 rings (SSSR count). The molecule has 1 aliphatic carbocycles. The first kappa shape index (κ1) is 21.6. The Labute approximate surface area is 182 Å². The minimum atomic E-state index is -0.760. The van der Waals surface area contributed by atoms with E-state index in [1.165, 1.54) is 17.4 Å². The maximum absolute atomic E-state index is 12.4. The van der Waals surface area contributed by atoms with Gasteiger partial charge in [-0.05, 0) is 50.3 Å². The van der Waals surface area contributed by atoms with E-state index in [0.717, 1.165) is 36.1 Å². The van der Waals surface area contributed by atoms with Crippen molar-refractivity contribution >= 4 is 57.4 Å². The van der Waals surface area contributed by atoms with E-state index >= 15 is 0 Å². The van der Waals surface area contributed by atoms with Crippen LogP contribution in [0.1, 0.15) is 50.9 Å². The molecule has 1 amide bonds. The van der Waals surface area contributed by atoms with Gasteiger partial charge in [-0.25, -0.2) is 9.59 Å². The number of halogens is 2. The van der Waals surface area contributed by atoms with Crippen molar-refractivity contribution < 1.29 is 23.9 Å². The summed E-state index contributed by atoms with van der Waals surface area (Å²) in [5.74, 6) is -1.77. The molecular formula is C20H19Cl2NO5S. The molecule has 1 N–H and O–H groups in total. The number of fused-ring (bicyclic) bond motifs is 1. The Kier molecular flexibility index (Phi) is 7.16. The van der Waals surface area contributed by atoms with Crippen LogP contribution in [-0.4, -0.2) is 31.1 Å². The van der Waals surface area contributed by atoms with E-state index in [4.69, 9.17) is 32.7 Å². The average molecular weight is 456 g/mol. The van der Waals surface area contributed by atoms with E-state index in [2.05, 4.69) is 5.32 Å². The van der Waals surface area contributed by atoms with Crippen LogP contribution in [0.2, 0.25) is 10.0 Å². The monoisotopic (exact) mass is 455 g/mol. The molecule has 29 heavy (non-hydrogen) atoms. The molecule has 1 heterocycles. The molecule has 0 spiro atoms. The largest absolute Gasteiger partial charge is 0.462 e. The molecule has 0 saturated carbocycles. The van der Waals surface area contributed by atoms with Crippen molar-refractivity contribution in [3.05, 3.63) is 49.8 Å². The zero-order chi connectivity index (χ0) is 21.0. The maximum atomic E-state index is 12.4. The second kappa shape index (κ2) is 9.61. The Hall–Kier alpha value is -2.09. The second-order valence-electron chi connectivity index (χ2n) is 6.36. The number of carbonyl (C=O) groups is 3. The van der Waals surface area contributed by atoms with Crippen LogP contribution in [0, 0.1) is 0 Å². The third-order valence-electron chi connectivity index (χ3n) is 4.41. The number of hydrogen-bond donors (Lipinski definition) is 1. The van der Waals surface area contributed by atoms with Crippen LogP contribution in [-0.2, 0) is 27.1 Å². The first-order valence-corrected chi connectivity index (χ1v) is 10.7. The van der Waals surface area contributed by atoms with Crippen LogP contribution >= 0.6 is 34.5 Å². The van der Waals surface area contributed by atoms with Crippen LogP contribution < -0.4 is 5.32 Å². The molecule has 9 heteroatoms. The number of anilines is 1. The van der Waals surface area contributed by atoms with E-state index in [-0.39, 0.29) is 22.2 Å². The number of benzene rings is 1. The molecule has 0 fully saturated rings. The van der Waals surface area contributed by atoms with E-state index in [0.29, 0.717) is 10.6 Å². The Morgan fingerprint density at radius 3 is 2.62 bits per heavy atom. The van der Waals surface area contributed by atoms with Crippen molar-refractivity contribution in [2.45, 2.75) is 32.6 Å². The summed E-state index contributed by atoms with van der Waals surface area (Å²) < 4.78 is 10.2. The van der Waals surface area contributed by atoms with Gasteiger partial charge in [0, 0.05) is 4.88 Å². The number of hydrogen-bond acceptors (Lipinski definition) is 6. The summed E-state index contributed by atoms with van der Waals surface area (Å²) in [5.41, 5.74) is 1.42. The molecule has 0 radical (unpaired) electrons. The standard InChI is InChI=1S/C20H19Cl2NO5S/c1-2-27-20(26)16-11-6-3-4-9-14(11)29-18(16)23-15(24)10-28-19(25)12-7-5-8-13(21)17(12)22/h5,7-8H,2-4,6,9-10H2,1H3,(H,23,24). The van der Waals surface area contributed by atoms with Crippen LogP contribution in [0.25, 0.3) is 0 Å². The summed E-state index contributed by atoms with van der Waals surface area (Å²) in [4.78, 5) is 38.0. The lowest BCUT2D eigenvalue weighted by Gasteiger charge is -2.12. The fourth-order valence-electron chi connectivity index (χ4n) is 3.11. The fraction of sp³-hybridized carbons (Fsp3) is 0.350. The lowest BCUT2D eigenvalue weighted by atomic mass is 9.95. The Balaban J connectivity index is 1.70. The van der Waals surface area contributed by atoms with Gasteiger partial charge in [-0.2, -0.15) is 0 Å². The van der Waals surface area contributed by atoms with Gasteiger partial charge in [-0.15, -0.1) is 11.3 Å². The zero-order valence-electron chi connectivity index (χ0n) is 15.7. The van der Waals surface area contributed by atoms with Crippen LogP contribution in [0.15, 0.2) is 18.2 Å². The average Bonchev–Trinajstić information content (AvgIpc) is 3.06. The summed E-state index contributed by atoms with van der Waals surface area (Å²) in [6, 6.07) is 4.57. The van der Waals surface area contributed by atoms with Gasteiger partial charge in [0.2, 0.25) is 0 Å². The molecule has 1 aromatic heterocycles. The number of ether oxygens (including phenoxy) is 2. The SMILES string of the molecule is CCOC(=O)c1c(NC(=O)COC(=O)c2cccc(Cl)c2Cl)sc2c1CCCC2. The predicted molar refractivity (Wildman–Crippen MR) is 112 cm³/mol. The van der Waals surface area contributed by atoms with Crippen molar-refractivity contribution in [2.24, 2.45) is 0 Å². The third-order valence-corrected chi connectivity index (χ3v) is 6.44. The number of esters is 2. The molecule has 1 aromatic carbocycles. The molecule has 0 bridgehead atoms. The van der Waals surface area contributed by atoms with Crippen LogP contribution in [0.4, 0.5) is 5.00 Å². The van der Waals surface area contributed by atoms with Crippen molar-refractivity contribution in [1.82, 2.24) is 0 Å². The molecule has 0 atom stereocenters. The van der Waals surface area contributed by atoms with Gasteiger partial charge in [-0.3, -0.25) is 4.79 Å². The lowest BCUT2D eigenvalue weighted by Crippen LogP contribution is -2.22. The van der Waals surface area contributed by atoms with Crippen LogP contribution in [0.3, 0.4) is 0 Å². The van der Waals surface area contributed by atoms with Gasteiger partial charge in [-0.1, -0.05) is 29.3 Å². The minimum absolute atomic E-state index is 0.0649. The number of rotatable bonds is 6. The number of carbonyl (C=O) groups excluding carboxylic acids is 3. The quantitative estimate of drug-likeness (QED) is 0.625. The van der Waals surface area contributed by atoms with Gasteiger partial charge in [0.25, 0.3) is 5.91 Å². The highest BCUT2D eigenvalue weighted by atomic mass is 35.5. The zero-order valence-corrected chi connectivity index (χ0v) is 18.0. The molecule has 1 aliphatic rings. The maximum Gasteiger partial charge on any atom is 0.341 e. The molecular weight excluding hydrogens is 437 g/mol. The second-order valence-corrected chi connectivity index (χ2v) is 8.25. The Morgan fingerprint density at radius 2 is 1.86 bits per heavy atom. The lowest BCUT2D eigenvalue weighted by molar-refractivity contribution is -0.119. The predicted octanol–water partition coefficient (Wildman–Crippen LogP) is 4.91. The van der Waals surface area contributed by atoms with Gasteiger partial charge in [0.1, 0.15) is 5.00 Å². The number of nitrogens with one attached hydrogen (secondary N) is 1. The van der Waals surface area contributed by atoms with Gasteiger partial charge in [0.15, 0.2) is 6.61 Å². The van der Waals surface area contributed by atoms with E-state index in [1.807, 2.05) is 0 Å². The summed E-state index contributed by atoms with van der Waals surface area (Å²) in [7, 11) is 0. The number of amides is 1. The highest BCUT2D eigenvalue weighted by Crippen LogP contribution is 2.38. The van der Waals surface area contributed by atoms with Crippen LogP contribution in [0.5, 0.6) is 0 Å². The molecule has 0 saturated heterocycles. The summed E-state index contributed by atoms with van der Waals surface area (Å²) >= 11 is 13.3.